The molecule has 1 saturated heterocycles. The Bertz CT molecular complexity index is 1240. The number of benzene rings is 3. The summed E-state index contributed by atoms with van der Waals surface area (Å²) in [6.07, 6.45) is 1.83. The molecule has 34 heavy (non-hydrogen) atoms. The standard InChI is InChI=1S/C27H26N2O3S2/c1-18-5-7-19(8-6-18)17-32-23-14-9-20(15-24(23)31-4)16-25-26(30)29(27(33)34-25)22-12-10-21(11-13-22)28(2)3/h5-16H,17H2,1-4H3/b25-16+. The normalized spacial score (nSPS) is 14.6. The van der Waals surface area contributed by atoms with Gasteiger partial charge in [-0.25, -0.2) is 0 Å². The van der Waals surface area contributed by atoms with E-state index in [1.165, 1.54) is 17.3 Å². The van der Waals surface area contributed by atoms with Gasteiger partial charge in [-0.05, 0) is 60.5 Å². The first kappa shape index (κ1) is 23.9. The minimum Gasteiger partial charge on any atom is -0.493 e. The van der Waals surface area contributed by atoms with E-state index in [2.05, 4.69) is 19.1 Å². The molecule has 1 heterocycles. The molecular weight excluding hydrogens is 464 g/mol. The largest absolute Gasteiger partial charge is 0.493 e. The molecule has 1 amide bonds. The van der Waals surface area contributed by atoms with Gasteiger partial charge in [-0.2, -0.15) is 0 Å². The molecule has 0 aliphatic carbocycles. The third-order valence-electron chi connectivity index (χ3n) is 5.42. The summed E-state index contributed by atoms with van der Waals surface area (Å²) in [7, 11) is 5.56. The number of carbonyl (C=O) groups is 1. The highest BCUT2D eigenvalue weighted by molar-refractivity contribution is 8.27. The van der Waals surface area contributed by atoms with E-state index in [4.69, 9.17) is 21.7 Å². The number of anilines is 2. The van der Waals surface area contributed by atoms with Crippen molar-refractivity contribution in [2.75, 3.05) is 31.0 Å². The first-order valence-electron chi connectivity index (χ1n) is 10.8. The van der Waals surface area contributed by atoms with Gasteiger partial charge in [0.25, 0.3) is 5.91 Å². The first-order valence-corrected chi connectivity index (χ1v) is 12.0. The minimum absolute atomic E-state index is 0.133. The van der Waals surface area contributed by atoms with Crippen LogP contribution in [0.25, 0.3) is 6.08 Å². The van der Waals surface area contributed by atoms with E-state index in [9.17, 15) is 4.79 Å². The number of hydrogen-bond donors (Lipinski definition) is 0. The van der Waals surface area contributed by atoms with Gasteiger partial charge in [0.05, 0.1) is 17.7 Å². The maximum absolute atomic E-state index is 13.1. The molecule has 0 atom stereocenters. The molecule has 0 bridgehead atoms. The summed E-state index contributed by atoms with van der Waals surface area (Å²) in [6, 6.07) is 21.6. The predicted molar refractivity (Wildman–Crippen MR) is 145 cm³/mol. The molecule has 0 N–H and O–H groups in total. The lowest BCUT2D eigenvalue weighted by atomic mass is 10.1. The highest BCUT2D eigenvalue weighted by Gasteiger charge is 2.33. The molecule has 4 rings (SSSR count). The smallest absolute Gasteiger partial charge is 0.270 e. The Morgan fingerprint density at radius 2 is 1.71 bits per heavy atom. The van der Waals surface area contributed by atoms with Gasteiger partial charge in [-0.1, -0.05) is 59.9 Å². The summed E-state index contributed by atoms with van der Waals surface area (Å²) in [6.45, 7) is 2.50. The van der Waals surface area contributed by atoms with Crippen LogP contribution in [0, 0.1) is 6.92 Å². The van der Waals surface area contributed by atoms with Crippen LogP contribution in [0.4, 0.5) is 11.4 Å². The third kappa shape index (κ3) is 5.26. The van der Waals surface area contributed by atoms with Gasteiger partial charge in [0.2, 0.25) is 0 Å². The molecule has 0 radical (unpaired) electrons. The quantitative estimate of drug-likeness (QED) is 0.296. The Morgan fingerprint density at radius 3 is 2.35 bits per heavy atom. The van der Waals surface area contributed by atoms with Gasteiger partial charge in [0.1, 0.15) is 6.61 Å². The maximum atomic E-state index is 13.1. The molecule has 3 aromatic carbocycles. The van der Waals surface area contributed by atoms with E-state index >= 15 is 0 Å². The van der Waals surface area contributed by atoms with Gasteiger partial charge in [-0.3, -0.25) is 9.69 Å². The van der Waals surface area contributed by atoms with Crippen molar-refractivity contribution in [2.45, 2.75) is 13.5 Å². The van der Waals surface area contributed by atoms with Crippen LogP contribution in [0.5, 0.6) is 11.5 Å². The van der Waals surface area contributed by atoms with Crippen molar-refractivity contribution in [1.29, 1.82) is 0 Å². The summed E-state index contributed by atoms with van der Waals surface area (Å²) < 4.78 is 12.0. The zero-order valence-electron chi connectivity index (χ0n) is 19.6. The monoisotopic (exact) mass is 490 g/mol. The summed E-state index contributed by atoms with van der Waals surface area (Å²) in [5, 5.41) is 0. The molecule has 0 saturated carbocycles. The summed E-state index contributed by atoms with van der Waals surface area (Å²) >= 11 is 6.80. The van der Waals surface area contributed by atoms with E-state index in [1.807, 2.05) is 79.7 Å². The van der Waals surface area contributed by atoms with Gasteiger partial charge in [-0.15, -0.1) is 0 Å². The Kier molecular flexibility index (Phi) is 7.24. The third-order valence-corrected chi connectivity index (χ3v) is 6.72. The van der Waals surface area contributed by atoms with Crippen molar-refractivity contribution in [3.05, 3.63) is 88.3 Å². The van der Waals surface area contributed by atoms with Crippen molar-refractivity contribution in [3.8, 4) is 11.5 Å². The number of hydrogen-bond acceptors (Lipinski definition) is 6. The highest BCUT2D eigenvalue weighted by atomic mass is 32.2. The fourth-order valence-corrected chi connectivity index (χ4v) is 4.78. The summed E-state index contributed by atoms with van der Waals surface area (Å²) in [5.74, 6) is 1.12. The Balaban J connectivity index is 1.51. The number of carbonyl (C=O) groups excluding carboxylic acids is 1. The molecule has 3 aromatic rings. The number of aryl methyl sites for hydroxylation is 1. The summed E-state index contributed by atoms with van der Waals surface area (Å²) in [4.78, 5) is 17.3. The van der Waals surface area contributed by atoms with Gasteiger partial charge in [0, 0.05) is 19.8 Å². The highest BCUT2D eigenvalue weighted by Crippen LogP contribution is 2.37. The van der Waals surface area contributed by atoms with Gasteiger partial charge >= 0.3 is 0 Å². The van der Waals surface area contributed by atoms with Crippen LogP contribution >= 0.6 is 24.0 Å². The Hall–Kier alpha value is -3.29. The van der Waals surface area contributed by atoms with E-state index in [1.54, 1.807) is 12.0 Å². The lowest BCUT2D eigenvalue weighted by Crippen LogP contribution is -2.27. The minimum atomic E-state index is -0.133. The summed E-state index contributed by atoms with van der Waals surface area (Å²) in [5.41, 5.74) is 4.94. The topological polar surface area (TPSA) is 42.0 Å². The molecule has 0 aromatic heterocycles. The van der Waals surface area contributed by atoms with Crippen LogP contribution in [0.15, 0.2) is 71.6 Å². The van der Waals surface area contributed by atoms with Gasteiger partial charge in [0.15, 0.2) is 15.8 Å². The van der Waals surface area contributed by atoms with Crippen molar-refractivity contribution in [2.24, 2.45) is 0 Å². The van der Waals surface area contributed by atoms with Gasteiger partial charge < -0.3 is 14.4 Å². The second-order valence-corrected chi connectivity index (χ2v) is 9.79. The van der Waals surface area contributed by atoms with Crippen LogP contribution < -0.4 is 19.3 Å². The molecule has 0 unspecified atom stereocenters. The second-order valence-electron chi connectivity index (χ2n) is 8.11. The molecule has 5 nitrogen and oxygen atoms in total. The number of nitrogens with zero attached hydrogens (tertiary/aromatic N) is 2. The van der Waals surface area contributed by atoms with Crippen molar-refractivity contribution >= 4 is 51.7 Å². The van der Waals surface area contributed by atoms with E-state index < -0.39 is 0 Å². The van der Waals surface area contributed by atoms with Crippen LogP contribution in [0.2, 0.25) is 0 Å². The van der Waals surface area contributed by atoms with Crippen molar-refractivity contribution < 1.29 is 14.3 Å². The zero-order valence-corrected chi connectivity index (χ0v) is 21.2. The number of amides is 1. The van der Waals surface area contributed by atoms with Crippen LogP contribution in [0.1, 0.15) is 16.7 Å². The Labute approximate surface area is 210 Å². The zero-order chi connectivity index (χ0) is 24.2. The molecule has 1 fully saturated rings. The molecule has 0 spiro atoms. The maximum Gasteiger partial charge on any atom is 0.270 e. The first-order chi connectivity index (χ1) is 16.4. The number of thioether (sulfide) groups is 1. The fourth-order valence-electron chi connectivity index (χ4n) is 3.48. The SMILES string of the molecule is COc1cc(/C=C2/SC(=S)N(c3ccc(N(C)C)cc3)C2=O)ccc1OCc1ccc(C)cc1. The second kappa shape index (κ2) is 10.3. The molecule has 174 valence electrons. The van der Waals surface area contributed by atoms with Crippen LogP contribution in [-0.2, 0) is 11.4 Å². The number of methoxy groups -OCH3 is 1. The van der Waals surface area contributed by atoms with Crippen LogP contribution in [0.3, 0.4) is 0 Å². The molecule has 1 aliphatic heterocycles. The van der Waals surface area contributed by atoms with Crippen LogP contribution in [-0.4, -0.2) is 31.4 Å². The lowest BCUT2D eigenvalue weighted by Gasteiger charge is -2.17. The van der Waals surface area contributed by atoms with Crippen molar-refractivity contribution in [1.82, 2.24) is 0 Å². The average molecular weight is 491 g/mol. The molecular formula is C27H26N2O3S2. The van der Waals surface area contributed by atoms with E-state index in [0.29, 0.717) is 27.3 Å². The number of thiocarbonyl (C=S) groups is 1. The molecule has 1 aliphatic rings. The molecule has 7 heteroatoms. The van der Waals surface area contributed by atoms with E-state index in [-0.39, 0.29) is 5.91 Å². The fraction of sp³-hybridized carbons (Fsp3) is 0.185. The van der Waals surface area contributed by atoms with E-state index in [0.717, 1.165) is 22.5 Å². The number of rotatable bonds is 7. The lowest BCUT2D eigenvalue weighted by molar-refractivity contribution is -0.113. The Morgan fingerprint density at radius 1 is 1.00 bits per heavy atom. The number of ether oxygens (including phenoxy) is 2. The van der Waals surface area contributed by atoms with Crippen molar-refractivity contribution in [3.63, 3.8) is 0 Å². The predicted octanol–water partition coefficient (Wildman–Crippen LogP) is 6.05. The average Bonchev–Trinajstić information content (AvgIpc) is 3.11.